The van der Waals surface area contributed by atoms with Gasteiger partial charge in [-0.15, -0.1) is 0 Å². The molecule has 2 heterocycles. The minimum Gasteiger partial charge on any atom is -0.374 e. The van der Waals surface area contributed by atoms with Gasteiger partial charge in [0.25, 0.3) is 5.91 Å². The molecule has 3 rings (SSSR count). The molecule has 0 spiro atoms. The molecule has 0 radical (unpaired) electrons. The zero-order valence-corrected chi connectivity index (χ0v) is 16.4. The first-order chi connectivity index (χ1) is 14.1. The molecule has 2 aromatic rings. The molecule has 1 aliphatic heterocycles. The second-order valence-corrected chi connectivity index (χ2v) is 7.37. The Morgan fingerprint density at radius 1 is 1.23 bits per heavy atom. The van der Waals surface area contributed by atoms with Crippen molar-refractivity contribution in [2.24, 2.45) is 7.05 Å². The molecule has 0 saturated carbocycles. The molecule has 1 aromatic carbocycles. The van der Waals surface area contributed by atoms with Crippen molar-refractivity contribution in [3.63, 3.8) is 0 Å². The van der Waals surface area contributed by atoms with Crippen LogP contribution in [0.1, 0.15) is 41.0 Å². The van der Waals surface area contributed by atoms with E-state index in [2.05, 4.69) is 10.3 Å². The van der Waals surface area contributed by atoms with Crippen molar-refractivity contribution >= 4 is 11.8 Å². The fraction of sp³-hybridized carbons (Fsp3) is 0.450. The fourth-order valence-corrected chi connectivity index (χ4v) is 3.48. The van der Waals surface area contributed by atoms with Crippen LogP contribution in [0.15, 0.2) is 36.7 Å². The summed E-state index contributed by atoms with van der Waals surface area (Å²) in [6.45, 7) is 1.32. The molecule has 1 aliphatic rings. The number of carbonyl (C=O) groups is 2. The number of benzene rings is 1. The molecule has 1 saturated heterocycles. The van der Waals surface area contributed by atoms with Crippen molar-refractivity contribution in [2.45, 2.75) is 37.6 Å². The highest BCUT2D eigenvalue weighted by atomic mass is 19.4. The van der Waals surface area contributed by atoms with Crippen molar-refractivity contribution in [1.82, 2.24) is 19.8 Å². The number of aromatic nitrogens is 2. The third-order valence-corrected chi connectivity index (χ3v) is 5.13. The van der Waals surface area contributed by atoms with Crippen molar-refractivity contribution in [3.05, 3.63) is 53.6 Å². The Bertz CT molecular complexity index is 922. The van der Waals surface area contributed by atoms with E-state index in [1.807, 2.05) is 0 Å². The van der Waals surface area contributed by atoms with Gasteiger partial charge in [-0.25, -0.2) is 4.98 Å². The predicted octanol–water partition coefficient (Wildman–Crippen LogP) is 2.11. The van der Waals surface area contributed by atoms with Crippen LogP contribution in [0.25, 0.3) is 0 Å². The molecule has 1 atom stereocenters. The highest BCUT2D eigenvalue weighted by molar-refractivity contribution is 5.94. The Hall–Kier alpha value is -2.88. The Balaban J connectivity index is 1.67. The summed E-state index contributed by atoms with van der Waals surface area (Å²) in [6, 6.07) is 6.59. The van der Waals surface area contributed by atoms with Crippen LogP contribution in [0, 0.1) is 0 Å². The lowest BCUT2D eigenvalue weighted by molar-refractivity contribution is -0.271. The van der Waals surface area contributed by atoms with Crippen LogP contribution >= 0.6 is 0 Å². The molecule has 0 bridgehead atoms. The average Bonchev–Trinajstić information content (AvgIpc) is 3.37. The molecule has 162 valence electrons. The Morgan fingerprint density at radius 2 is 1.93 bits per heavy atom. The van der Waals surface area contributed by atoms with Crippen LogP contribution in [0.2, 0.25) is 0 Å². The van der Waals surface area contributed by atoms with Gasteiger partial charge in [0, 0.05) is 44.6 Å². The third-order valence-electron chi connectivity index (χ3n) is 5.13. The van der Waals surface area contributed by atoms with E-state index >= 15 is 0 Å². The van der Waals surface area contributed by atoms with Gasteiger partial charge < -0.3 is 19.9 Å². The molecule has 10 heteroatoms. The minimum atomic E-state index is -5.09. The van der Waals surface area contributed by atoms with Crippen molar-refractivity contribution < 1.29 is 27.9 Å². The number of aliphatic hydroxyl groups is 1. The summed E-state index contributed by atoms with van der Waals surface area (Å²) < 4.78 is 41.6. The van der Waals surface area contributed by atoms with Crippen molar-refractivity contribution in [1.29, 1.82) is 0 Å². The van der Waals surface area contributed by atoms with Gasteiger partial charge in [0.2, 0.25) is 11.5 Å². The summed E-state index contributed by atoms with van der Waals surface area (Å²) in [7, 11) is 1.31. The van der Waals surface area contributed by atoms with Gasteiger partial charge in [-0.05, 0) is 30.5 Å². The number of rotatable bonds is 6. The normalized spacial score (nSPS) is 16.4. The molecule has 30 heavy (non-hydrogen) atoms. The lowest BCUT2D eigenvalue weighted by Gasteiger charge is -2.29. The van der Waals surface area contributed by atoms with Gasteiger partial charge >= 0.3 is 6.18 Å². The van der Waals surface area contributed by atoms with Gasteiger partial charge in [0.15, 0.2) is 5.82 Å². The summed E-state index contributed by atoms with van der Waals surface area (Å²) >= 11 is 0. The van der Waals surface area contributed by atoms with Crippen LogP contribution in [0.3, 0.4) is 0 Å². The number of hydrogen-bond acceptors (Lipinski definition) is 4. The second kappa shape index (κ2) is 8.47. The summed E-state index contributed by atoms with van der Waals surface area (Å²) in [5.41, 5.74) is -2.38. The maximum absolute atomic E-state index is 13.5. The number of nitrogens with zero attached hydrogens (tertiary/aromatic N) is 3. The van der Waals surface area contributed by atoms with Gasteiger partial charge in [-0.1, -0.05) is 12.1 Å². The molecular formula is C20H23F3N4O3. The van der Waals surface area contributed by atoms with Gasteiger partial charge in [-0.2, -0.15) is 13.2 Å². The Labute approximate surface area is 171 Å². The lowest BCUT2D eigenvalue weighted by atomic mass is 9.97. The van der Waals surface area contributed by atoms with Crippen molar-refractivity contribution in [3.8, 4) is 0 Å². The summed E-state index contributed by atoms with van der Waals surface area (Å²) in [6.07, 6.45) is -2.03. The van der Waals surface area contributed by atoms with Crippen LogP contribution in [-0.4, -0.2) is 50.6 Å². The zero-order chi connectivity index (χ0) is 21.9. The Morgan fingerprint density at radius 3 is 2.53 bits per heavy atom. The first kappa shape index (κ1) is 21.8. The number of imidazole rings is 1. The molecule has 1 aromatic heterocycles. The van der Waals surface area contributed by atoms with E-state index in [9.17, 15) is 27.9 Å². The summed E-state index contributed by atoms with van der Waals surface area (Å²) in [4.78, 5) is 30.0. The van der Waals surface area contributed by atoms with Crippen molar-refractivity contribution in [2.75, 3.05) is 13.1 Å². The van der Waals surface area contributed by atoms with Crippen LogP contribution < -0.4 is 5.32 Å². The summed E-state index contributed by atoms with van der Waals surface area (Å²) in [5, 5.41) is 12.7. The lowest BCUT2D eigenvalue weighted by Crippen LogP contribution is -2.47. The zero-order valence-electron chi connectivity index (χ0n) is 16.4. The number of nitrogens with one attached hydrogen (secondary N) is 1. The van der Waals surface area contributed by atoms with E-state index in [1.54, 1.807) is 29.2 Å². The monoisotopic (exact) mass is 424 g/mol. The van der Waals surface area contributed by atoms with Gasteiger partial charge in [0.1, 0.15) is 0 Å². The van der Waals surface area contributed by atoms with Gasteiger partial charge in [-0.3, -0.25) is 9.59 Å². The third kappa shape index (κ3) is 4.48. The highest BCUT2D eigenvalue weighted by Gasteiger charge is 2.58. The molecule has 1 unspecified atom stereocenters. The van der Waals surface area contributed by atoms with E-state index in [-0.39, 0.29) is 12.5 Å². The molecule has 2 amide bonds. The van der Waals surface area contributed by atoms with Crippen LogP contribution in [-0.2, 0) is 24.0 Å². The minimum absolute atomic E-state index is 0.0749. The Kier molecular flexibility index (Phi) is 6.16. The number of aryl methyl sites for hydroxylation is 1. The van der Waals surface area contributed by atoms with E-state index in [0.717, 1.165) is 23.6 Å². The molecule has 1 fully saturated rings. The number of alkyl halides is 3. The van der Waals surface area contributed by atoms with Crippen LogP contribution in [0.5, 0.6) is 0 Å². The molecular weight excluding hydrogens is 401 g/mol. The fourth-order valence-electron chi connectivity index (χ4n) is 3.48. The number of hydrogen-bond donors (Lipinski definition) is 2. The molecule has 2 N–H and O–H groups in total. The molecule has 0 aliphatic carbocycles. The van der Waals surface area contributed by atoms with E-state index in [4.69, 9.17) is 0 Å². The first-order valence-electron chi connectivity index (χ1n) is 9.53. The maximum Gasteiger partial charge on any atom is 0.425 e. The predicted molar refractivity (Wildman–Crippen MR) is 101 cm³/mol. The van der Waals surface area contributed by atoms with E-state index in [0.29, 0.717) is 24.2 Å². The van der Waals surface area contributed by atoms with E-state index in [1.165, 1.54) is 13.2 Å². The van der Waals surface area contributed by atoms with Crippen LogP contribution in [0.4, 0.5) is 13.2 Å². The number of likely N-dealkylation sites (tertiary alicyclic amines) is 1. The molecule has 7 nitrogen and oxygen atoms in total. The maximum atomic E-state index is 13.5. The number of halogens is 3. The summed E-state index contributed by atoms with van der Waals surface area (Å²) in [5.74, 6) is -1.76. The quantitative estimate of drug-likeness (QED) is 0.744. The topological polar surface area (TPSA) is 87.5 Å². The average molecular weight is 424 g/mol. The number of amides is 2. The second-order valence-electron chi connectivity index (χ2n) is 7.37. The van der Waals surface area contributed by atoms with Gasteiger partial charge in [0.05, 0.1) is 6.42 Å². The SMILES string of the molecule is Cn1ccnc1C(O)(CC(=O)NCc1cccc(C(=O)N2CCCC2)c1)C(F)(F)F. The standard InChI is InChI=1S/C20H23F3N4O3/c1-26-10-7-24-18(26)19(30,20(21,22)23)12-16(28)25-13-14-5-4-6-15(11-14)17(29)27-8-2-3-9-27/h4-7,10-11,30H,2-3,8-9,12-13H2,1H3,(H,25,28). The largest absolute Gasteiger partial charge is 0.425 e. The highest BCUT2D eigenvalue weighted by Crippen LogP contribution is 2.40. The smallest absolute Gasteiger partial charge is 0.374 e. The first-order valence-corrected chi connectivity index (χ1v) is 9.53. The number of carbonyl (C=O) groups excluding carboxylic acids is 2. The van der Waals surface area contributed by atoms with E-state index < -0.39 is 29.9 Å².